The summed E-state index contributed by atoms with van der Waals surface area (Å²) in [5.74, 6) is -1.14. The smallest absolute Gasteiger partial charge is 0.318 e. The van der Waals surface area contributed by atoms with Crippen molar-refractivity contribution in [2.75, 3.05) is 6.54 Å². The van der Waals surface area contributed by atoms with Gasteiger partial charge >= 0.3 is 5.97 Å². The second kappa shape index (κ2) is 5.54. The lowest BCUT2D eigenvalue weighted by Gasteiger charge is -2.17. The van der Waals surface area contributed by atoms with Gasteiger partial charge in [-0.25, -0.2) is 8.42 Å². The molecule has 0 radical (unpaired) electrons. The van der Waals surface area contributed by atoms with Gasteiger partial charge in [0, 0.05) is 11.4 Å². The maximum absolute atomic E-state index is 12.1. The summed E-state index contributed by atoms with van der Waals surface area (Å²) in [5.41, 5.74) is 0.761. The highest BCUT2D eigenvalue weighted by molar-refractivity contribution is 7.92. The van der Waals surface area contributed by atoms with E-state index in [0.29, 0.717) is 0 Å². The molecule has 1 aromatic carbocycles. The summed E-state index contributed by atoms with van der Waals surface area (Å²) >= 11 is 0. The highest BCUT2D eigenvalue weighted by Gasteiger charge is 2.37. The third-order valence-corrected chi connectivity index (χ3v) is 4.37. The van der Waals surface area contributed by atoms with Gasteiger partial charge in [0.2, 0.25) is 10.0 Å². The number of rotatable bonds is 6. The molecule has 0 aliphatic heterocycles. The van der Waals surface area contributed by atoms with Crippen LogP contribution in [0.1, 0.15) is 18.4 Å². The lowest BCUT2D eigenvalue weighted by atomic mass is 10.2. The van der Waals surface area contributed by atoms with Crippen molar-refractivity contribution >= 4 is 22.1 Å². The summed E-state index contributed by atoms with van der Waals surface area (Å²) in [5, 5.41) is 9.85. The van der Waals surface area contributed by atoms with Gasteiger partial charge < -0.3 is 5.11 Å². The summed E-state index contributed by atoms with van der Waals surface area (Å²) < 4.78 is 25.2. The zero-order valence-electron chi connectivity index (χ0n) is 10.3. The standard InChI is InChI=1S/C13H15NO4S/c15-13(16)10-14(12-6-7-12)19(17,18)9-8-11-4-2-1-3-5-11/h1-5,8-9,12H,6-7,10H2,(H,15,16)/b9-8+. The minimum absolute atomic E-state index is 0.165. The quantitative estimate of drug-likeness (QED) is 0.858. The van der Waals surface area contributed by atoms with Gasteiger partial charge in [-0.15, -0.1) is 0 Å². The Bertz CT molecular complexity index is 576. The number of nitrogens with zero attached hydrogens (tertiary/aromatic N) is 1. The maximum Gasteiger partial charge on any atom is 0.318 e. The lowest BCUT2D eigenvalue weighted by molar-refractivity contribution is -0.137. The van der Waals surface area contributed by atoms with Crippen LogP contribution in [0.25, 0.3) is 6.08 Å². The molecule has 0 saturated heterocycles. The minimum Gasteiger partial charge on any atom is -0.480 e. The Morgan fingerprint density at radius 2 is 1.95 bits per heavy atom. The van der Waals surface area contributed by atoms with Crippen LogP contribution in [0.5, 0.6) is 0 Å². The van der Waals surface area contributed by atoms with Crippen molar-refractivity contribution in [3.8, 4) is 0 Å². The van der Waals surface area contributed by atoms with Crippen LogP contribution in [0.3, 0.4) is 0 Å². The molecule has 0 atom stereocenters. The molecule has 0 bridgehead atoms. The molecule has 1 saturated carbocycles. The zero-order valence-corrected chi connectivity index (χ0v) is 11.1. The van der Waals surface area contributed by atoms with Crippen molar-refractivity contribution in [3.05, 3.63) is 41.3 Å². The van der Waals surface area contributed by atoms with Gasteiger partial charge in [0.15, 0.2) is 0 Å². The van der Waals surface area contributed by atoms with Crippen LogP contribution < -0.4 is 0 Å². The maximum atomic E-state index is 12.1. The van der Waals surface area contributed by atoms with E-state index >= 15 is 0 Å². The molecule has 2 rings (SSSR count). The van der Waals surface area contributed by atoms with Gasteiger partial charge in [-0.3, -0.25) is 4.79 Å². The first-order chi connectivity index (χ1) is 8.99. The van der Waals surface area contributed by atoms with Crippen LogP contribution in [-0.4, -0.2) is 36.4 Å². The number of hydrogen-bond donors (Lipinski definition) is 1. The molecule has 1 aliphatic rings. The zero-order chi connectivity index (χ0) is 13.9. The molecular weight excluding hydrogens is 266 g/mol. The fourth-order valence-corrected chi connectivity index (χ4v) is 3.13. The molecular formula is C13H15NO4S. The van der Waals surface area contributed by atoms with Crippen LogP contribution >= 0.6 is 0 Å². The van der Waals surface area contributed by atoms with Gasteiger partial charge in [-0.05, 0) is 24.5 Å². The van der Waals surface area contributed by atoms with Gasteiger partial charge in [-0.1, -0.05) is 30.3 Å². The summed E-state index contributed by atoms with van der Waals surface area (Å²) in [7, 11) is -3.68. The Hall–Kier alpha value is -1.66. The summed E-state index contributed by atoms with van der Waals surface area (Å²) in [4.78, 5) is 10.7. The number of aliphatic carboxylic acids is 1. The van der Waals surface area contributed by atoms with Crippen LogP contribution in [0.15, 0.2) is 35.7 Å². The molecule has 0 spiro atoms. The Labute approximate surface area is 112 Å². The first-order valence-corrected chi connectivity index (χ1v) is 7.46. The number of carbonyl (C=O) groups is 1. The Kier molecular flexibility index (Phi) is 4.01. The molecule has 1 N–H and O–H groups in total. The van der Waals surface area contributed by atoms with Gasteiger partial charge in [0.25, 0.3) is 0 Å². The molecule has 0 amide bonds. The third-order valence-electron chi connectivity index (χ3n) is 2.80. The van der Waals surface area contributed by atoms with E-state index < -0.39 is 22.5 Å². The molecule has 1 fully saturated rings. The van der Waals surface area contributed by atoms with Crippen molar-refractivity contribution in [2.24, 2.45) is 0 Å². The Morgan fingerprint density at radius 1 is 1.32 bits per heavy atom. The van der Waals surface area contributed by atoms with Crippen molar-refractivity contribution in [1.82, 2.24) is 4.31 Å². The van der Waals surface area contributed by atoms with Crippen LogP contribution in [0.2, 0.25) is 0 Å². The molecule has 1 aliphatic carbocycles. The van der Waals surface area contributed by atoms with Crippen molar-refractivity contribution in [2.45, 2.75) is 18.9 Å². The highest BCUT2D eigenvalue weighted by Crippen LogP contribution is 2.29. The number of hydrogen-bond acceptors (Lipinski definition) is 3. The number of benzene rings is 1. The van der Waals surface area contributed by atoms with Crippen molar-refractivity contribution in [1.29, 1.82) is 0 Å². The largest absolute Gasteiger partial charge is 0.480 e. The predicted octanol–water partition coefficient (Wildman–Crippen LogP) is 1.54. The molecule has 0 aromatic heterocycles. The van der Waals surface area contributed by atoms with Crippen LogP contribution in [-0.2, 0) is 14.8 Å². The topological polar surface area (TPSA) is 74.7 Å². The van der Waals surface area contributed by atoms with E-state index in [-0.39, 0.29) is 6.04 Å². The average molecular weight is 281 g/mol. The molecule has 102 valence electrons. The third kappa shape index (κ3) is 3.90. The van der Waals surface area contributed by atoms with Crippen molar-refractivity contribution < 1.29 is 18.3 Å². The first-order valence-electron chi connectivity index (χ1n) is 5.96. The Morgan fingerprint density at radius 3 is 2.47 bits per heavy atom. The van der Waals surface area contributed by atoms with Crippen LogP contribution in [0.4, 0.5) is 0 Å². The van der Waals surface area contributed by atoms with Gasteiger partial charge in [0.05, 0.1) is 0 Å². The van der Waals surface area contributed by atoms with E-state index in [1.807, 2.05) is 18.2 Å². The predicted molar refractivity (Wildman–Crippen MR) is 71.8 cm³/mol. The molecule has 0 unspecified atom stereocenters. The van der Waals surface area contributed by atoms with Gasteiger partial charge in [-0.2, -0.15) is 4.31 Å². The Balaban J connectivity index is 2.16. The van der Waals surface area contributed by atoms with Gasteiger partial charge in [0.1, 0.15) is 6.54 Å². The molecule has 5 nitrogen and oxygen atoms in total. The summed E-state index contributed by atoms with van der Waals surface area (Å²) in [6, 6.07) is 8.86. The fourth-order valence-electron chi connectivity index (χ4n) is 1.73. The van der Waals surface area contributed by atoms with E-state index in [0.717, 1.165) is 28.1 Å². The first kappa shape index (κ1) is 13.8. The number of carboxylic acid groups (broad SMARTS) is 1. The van der Waals surface area contributed by atoms with E-state index in [1.54, 1.807) is 12.1 Å². The van der Waals surface area contributed by atoms with E-state index in [9.17, 15) is 13.2 Å². The summed E-state index contributed by atoms with van der Waals surface area (Å²) in [6.45, 7) is -0.480. The van der Waals surface area contributed by atoms with Crippen molar-refractivity contribution in [3.63, 3.8) is 0 Å². The van der Waals surface area contributed by atoms with Crippen LogP contribution in [0, 0.1) is 0 Å². The van der Waals surface area contributed by atoms with E-state index in [2.05, 4.69) is 0 Å². The molecule has 0 heterocycles. The summed E-state index contributed by atoms with van der Waals surface area (Å²) in [6.07, 6.45) is 2.93. The minimum atomic E-state index is -3.68. The molecule has 1 aromatic rings. The second-order valence-electron chi connectivity index (χ2n) is 4.43. The fraction of sp³-hybridized carbons (Fsp3) is 0.308. The second-order valence-corrected chi connectivity index (χ2v) is 6.20. The monoisotopic (exact) mass is 281 g/mol. The number of carboxylic acids is 1. The van der Waals surface area contributed by atoms with E-state index in [1.165, 1.54) is 6.08 Å². The number of sulfonamides is 1. The highest BCUT2D eigenvalue weighted by atomic mass is 32.2. The molecule has 6 heteroatoms. The van der Waals surface area contributed by atoms with E-state index in [4.69, 9.17) is 5.11 Å². The SMILES string of the molecule is O=C(O)CN(C1CC1)S(=O)(=O)/C=C/c1ccccc1. The molecule has 19 heavy (non-hydrogen) atoms. The lowest BCUT2D eigenvalue weighted by Crippen LogP contribution is -2.36. The average Bonchev–Trinajstić information content (AvgIpc) is 3.19. The normalized spacial score (nSPS) is 16.1.